The lowest BCUT2D eigenvalue weighted by Gasteiger charge is -2.05. The first-order valence-electron chi connectivity index (χ1n) is 5.41. The van der Waals surface area contributed by atoms with Crippen LogP contribution in [0.5, 0.6) is 0 Å². The van der Waals surface area contributed by atoms with Crippen LogP contribution in [-0.2, 0) is 11.3 Å². The molecule has 1 aromatic carbocycles. The van der Waals surface area contributed by atoms with Gasteiger partial charge in [0.1, 0.15) is 6.61 Å². The lowest BCUT2D eigenvalue weighted by Crippen LogP contribution is -2.16. The minimum absolute atomic E-state index is 0.262. The molecular formula is C13H14N2O2. The zero-order valence-electron chi connectivity index (χ0n) is 9.88. The van der Waals surface area contributed by atoms with Crippen molar-refractivity contribution < 1.29 is 9.53 Å². The minimum atomic E-state index is -0.445. The maximum absolute atomic E-state index is 11.7. The van der Waals surface area contributed by atoms with E-state index in [4.69, 9.17) is 4.74 Å². The molecule has 0 saturated carbocycles. The van der Waals surface area contributed by atoms with Crippen LogP contribution in [0.3, 0.4) is 0 Å². The molecule has 1 heterocycles. The van der Waals surface area contributed by atoms with E-state index in [2.05, 4.69) is 5.10 Å². The molecule has 0 aliphatic rings. The second-order valence-electron chi connectivity index (χ2n) is 3.86. The van der Waals surface area contributed by atoms with Gasteiger partial charge >= 0.3 is 6.09 Å². The van der Waals surface area contributed by atoms with Crippen LogP contribution >= 0.6 is 0 Å². The van der Waals surface area contributed by atoms with E-state index < -0.39 is 6.09 Å². The Morgan fingerprint density at radius 2 is 2.00 bits per heavy atom. The van der Waals surface area contributed by atoms with Gasteiger partial charge in [-0.05, 0) is 25.0 Å². The van der Waals surface area contributed by atoms with E-state index in [0.717, 1.165) is 16.8 Å². The predicted octanol–water partition coefficient (Wildman–Crippen LogP) is 2.68. The number of benzene rings is 1. The molecule has 0 aliphatic heterocycles. The summed E-state index contributed by atoms with van der Waals surface area (Å²) in [5, 5.41) is 3.97. The molecule has 4 nitrogen and oxygen atoms in total. The average Bonchev–Trinajstić information content (AvgIpc) is 2.69. The van der Waals surface area contributed by atoms with E-state index in [1.807, 2.05) is 44.2 Å². The van der Waals surface area contributed by atoms with Crippen LogP contribution in [0.2, 0.25) is 0 Å². The number of nitrogens with zero attached hydrogens (tertiary/aromatic N) is 2. The third-order valence-corrected chi connectivity index (χ3v) is 2.63. The van der Waals surface area contributed by atoms with Gasteiger partial charge in [0.25, 0.3) is 0 Å². The number of carbonyl (C=O) groups excluding carboxylic acids is 1. The Hall–Kier alpha value is -2.10. The first-order valence-corrected chi connectivity index (χ1v) is 5.41. The van der Waals surface area contributed by atoms with Gasteiger partial charge in [-0.1, -0.05) is 30.3 Å². The standard InChI is InChI=1S/C13H14N2O2/c1-10-8-14-15(11(10)2)13(16)17-9-12-6-4-3-5-7-12/h3-8H,9H2,1-2H3. The summed E-state index contributed by atoms with van der Waals surface area (Å²) in [5.74, 6) is 0. The van der Waals surface area contributed by atoms with Gasteiger partial charge in [-0.2, -0.15) is 9.78 Å². The predicted molar refractivity (Wildman–Crippen MR) is 63.7 cm³/mol. The van der Waals surface area contributed by atoms with E-state index in [9.17, 15) is 4.79 Å². The molecule has 1 aromatic heterocycles. The molecule has 0 amide bonds. The lowest BCUT2D eigenvalue weighted by atomic mass is 10.2. The molecule has 0 radical (unpaired) electrons. The van der Waals surface area contributed by atoms with Crippen LogP contribution in [0.25, 0.3) is 0 Å². The highest BCUT2D eigenvalue weighted by Crippen LogP contribution is 2.07. The second-order valence-corrected chi connectivity index (χ2v) is 3.86. The van der Waals surface area contributed by atoms with Crippen molar-refractivity contribution in [3.8, 4) is 0 Å². The number of ether oxygens (including phenoxy) is 1. The van der Waals surface area contributed by atoms with Gasteiger partial charge < -0.3 is 4.74 Å². The van der Waals surface area contributed by atoms with Gasteiger partial charge in [0, 0.05) is 0 Å². The monoisotopic (exact) mass is 230 g/mol. The van der Waals surface area contributed by atoms with Crippen molar-refractivity contribution in [2.45, 2.75) is 20.5 Å². The van der Waals surface area contributed by atoms with E-state index in [-0.39, 0.29) is 6.61 Å². The topological polar surface area (TPSA) is 44.1 Å². The van der Waals surface area contributed by atoms with Crippen LogP contribution in [0.4, 0.5) is 4.79 Å². The highest BCUT2D eigenvalue weighted by molar-refractivity contribution is 5.70. The molecule has 0 atom stereocenters. The Balaban J connectivity index is 2.01. The molecule has 0 spiro atoms. The van der Waals surface area contributed by atoms with Crippen molar-refractivity contribution in [1.29, 1.82) is 0 Å². The normalized spacial score (nSPS) is 10.2. The van der Waals surface area contributed by atoms with Crippen molar-refractivity contribution in [2.24, 2.45) is 0 Å². The minimum Gasteiger partial charge on any atom is -0.443 e. The number of aromatic nitrogens is 2. The fraction of sp³-hybridized carbons (Fsp3) is 0.231. The summed E-state index contributed by atoms with van der Waals surface area (Å²) in [6.07, 6.45) is 1.21. The first-order chi connectivity index (χ1) is 8.18. The summed E-state index contributed by atoms with van der Waals surface area (Å²) in [7, 11) is 0. The van der Waals surface area contributed by atoms with Gasteiger partial charge in [0.05, 0.1) is 11.9 Å². The maximum Gasteiger partial charge on any atom is 0.435 e. The molecule has 88 valence electrons. The van der Waals surface area contributed by atoms with Gasteiger partial charge in [0.15, 0.2) is 0 Å². The molecule has 0 aliphatic carbocycles. The van der Waals surface area contributed by atoms with Gasteiger partial charge in [-0.25, -0.2) is 4.79 Å². The summed E-state index contributed by atoms with van der Waals surface area (Å²) in [5.41, 5.74) is 2.74. The van der Waals surface area contributed by atoms with Crippen LogP contribution in [-0.4, -0.2) is 15.9 Å². The Morgan fingerprint density at radius 1 is 1.29 bits per heavy atom. The van der Waals surface area contributed by atoms with Crippen molar-refractivity contribution in [1.82, 2.24) is 9.78 Å². The van der Waals surface area contributed by atoms with Crippen molar-refractivity contribution in [3.05, 3.63) is 53.3 Å². The van der Waals surface area contributed by atoms with Crippen molar-refractivity contribution in [2.75, 3.05) is 0 Å². The highest BCUT2D eigenvalue weighted by Gasteiger charge is 2.11. The molecular weight excluding hydrogens is 216 g/mol. The smallest absolute Gasteiger partial charge is 0.435 e. The number of rotatable bonds is 2. The summed E-state index contributed by atoms with van der Waals surface area (Å²) >= 11 is 0. The number of carbonyl (C=O) groups is 1. The Bertz CT molecular complexity index is 517. The number of aryl methyl sites for hydroxylation is 1. The zero-order valence-corrected chi connectivity index (χ0v) is 9.88. The molecule has 2 aromatic rings. The quantitative estimate of drug-likeness (QED) is 0.796. The Labute approximate surface area is 99.8 Å². The van der Waals surface area contributed by atoms with Crippen LogP contribution in [0.1, 0.15) is 16.8 Å². The third kappa shape index (κ3) is 2.53. The third-order valence-electron chi connectivity index (χ3n) is 2.63. The lowest BCUT2D eigenvalue weighted by molar-refractivity contribution is 0.137. The maximum atomic E-state index is 11.7. The highest BCUT2D eigenvalue weighted by atomic mass is 16.6. The average molecular weight is 230 g/mol. The van der Waals surface area contributed by atoms with Crippen molar-refractivity contribution >= 4 is 6.09 Å². The fourth-order valence-corrected chi connectivity index (χ4v) is 1.46. The van der Waals surface area contributed by atoms with Gasteiger partial charge in [-0.3, -0.25) is 0 Å². The molecule has 0 unspecified atom stereocenters. The fourth-order valence-electron chi connectivity index (χ4n) is 1.46. The van der Waals surface area contributed by atoms with E-state index in [1.54, 1.807) is 6.20 Å². The van der Waals surface area contributed by atoms with Gasteiger partial charge in [0.2, 0.25) is 0 Å². The van der Waals surface area contributed by atoms with E-state index >= 15 is 0 Å². The molecule has 0 bridgehead atoms. The summed E-state index contributed by atoms with van der Waals surface area (Å²) in [4.78, 5) is 11.7. The van der Waals surface area contributed by atoms with Crippen LogP contribution in [0, 0.1) is 13.8 Å². The van der Waals surface area contributed by atoms with E-state index in [0.29, 0.717) is 0 Å². The summed E-state index contributed by atoms with van der Waals surface area (Å²) < 4.78 is 6.45. The Kier molecular flexibility index (Phi) is 3.23. The molecule has 0 fully saturated rings. The molecule has 17 heavy (non-hydrogen) atoms. The van der Waals surface area contributed by atoms with E-state index in [1.165, 1.54) is 4.68 Å². The molecule has 4 heteroatoms. The largest absolute Gasteiger partial charge is 0.443 e. The summed E-state index contributed by atoms with van der Waals surface area (Å²) in [6, 6.07) is 9.56. The molecule has 0 saturated heterocycles. The zero-order chi connectivity index (χ0) is 12.3. The van der Waals surface area contributed by atoms with Crippen molar-refractivity contribution in [3.63, 3.8) is 0 Å². The first kappa shape index (κ1) is 11.4. The SMILES string of the molecule is Cc1cnn(C(=O)OCc2ccccc2)c1C. The molecule has 0 N–H and O–H groups in total. The second kappa shape index (κ2) is 4.82. The Morgan fingerprint density at radius 3 is 2.59 bits per heavy atom. The van der Waals surface area contributed by atoms with Crippen LogP contribution < -0.4 is 0 Å². The number of hydrogen-bond acceptors (Lipinski definition) is 3. The van der Waals surface area contributed by atoms with Gasteiger partial charge in [-0.15, -0.1) is 0 Å². The summed E-state index contributed by atoms with van der Waals surface area (Å²) in [6.45, 7) is 4.01. The number of hydrogen-bond donors (Lipinski definition) is 0. The van der Waals surface area contributed by atoms with Crippen LogP contribution in [0.15, 0.2) is 36.5 Å². The molecule has 2 rings (SSSR count).